The fourth-order valence-electron chi connectivity index (χ4n) is 4.06. The number of piperidine rings is 1. The lowest BCUT2D eigenvalue weighted by Gasteiger charge is -2.36. The molecule has 0 saturated carbocycles. The maximum atomic E-state index is 15.6. The van der Waals surface area contributed by atoms with E-state index in [9.17, 15) is 4.79 Å². The molecule has 3 rings (SSSR count). The number of pyridine rings is 2. The van der Waals surface area contributed by atoms with Crippen LogP contribution in [0.1, 0.15) is 60.9 Å². The van der Waals surface area contributed by atoms with E-state index in [0.717, 1.165) is 16.8 Å². The zero-order valence-electron chi connectivity index (χ0n) is 19.7. The van der Waals surface area contributed by atoms with E-state index in [1.807, 2.05) is 51.1 Å². The predicted octanol–water partition coefficient (Wildman–Crippen LogP) is 5.21. The number of hydrogen-bond donors (Lipinski definition) is 0. The van der Waals surface area contributed by atoms with Crippen LogP contribution in [0.15, 0.2) is 67.5 Å². The minimum Gasteiger partial charge on any atom is -0.338 e. The fourth-order valence-corrected chi connectivity index (χ4v) is 4.06. The first-order valence-electron chi connectivity index (χ1n) is 11.3. The van der Waals surface area contributed by atoms with Crippen LogP contribution < -0.4 is 0 Å². The zero-order valence-corrected chi connectivity index (χ0v) is 19.7. The molecule has 0 aromatic carbocycles. The predicted molar refractivity (Wildman–Crippen MR) is 133 cm³/mol. The summed E-state index contributed by atoms with van der Waals surface area (Å²) in [4.78, 5) is 23.9. The Bertz CT molecular complexity index is 1050. The van der Waals surface area contributed by atoms with Crippen LogP contribution in [0.25, 0.3) is 5.57 Å². The molecule has 1 aliphatic rings. The van der Waals surface area contributed by atoms with Crippen LogP contribution in [0, 0.1) is 0 Å². The van der Waals surface area contributed by atoms with E-state index in [1.165, 1.54) is 0 Å². The maximum Gasteiger partial charge on any atom is 0.256 e. The number of carbonyl (C=O) groups is 1. The van der Waals surface area contributed by atoms with Gasteiger partial charge in [0.25, 0.3) is 5.91 Å². The van der Waals surface area contributed by atoms with E-state index in [4.69, 9.17) is 7.85 Å². The lowest BCUT2D eigenvalue weighted by molar-refractivity contribution is 0.0436. The van der Waals surface area contributed by atoms with Gasteiger partial charge in [0.1, 0.15) is 5.67 Å². The molecule has 2 radical (unpaired) electrons. The van der Waals surface area contributed by atoms with Crippen LogP contribution >= 0.6 is 0 Å². The third kappa shape index (κ3) is 6.07. The highest BCUT2D eigenvalue weighted by Gasteiger charge is 2.37. The van der Waals surface area contributed by atoms with Crippen molar-refractivity contribution in [2.75, 3.05) is 13.1 Å². The van der Waals surface area contributed by atoms with Gasteiger partial charge in [-0.2, -0.15) is 0 Å². The average Bonchev–Trinajstić information content (AvgIpc) is 2.78. The fraction of sp³-hybridized carbons (Fsp3) is 0.370. The average molecular weight is 443 g/mol. The summed E-state index contributed by atoms with van der Waals surface area (Å²) in [5, 5.41) is -0.531. The van der Waals surface area contributed by atoms with Crippen molar-refractivity contribution in [3.8, 4) is 0 Å². The molecule has 0 bridgehead atoms. The van der Waals surface area contributed by atoms with Gasteiger partial charge in [-0.15, -0.1) is 0 Å². The molecule has 2 aromatic rings. The van der Waals surface area contributed by atoms with Crippen LogP contribution in [-0.2, 0) is 11.7 Å². The summed E-state index contributed by atoms with van der Waals surface area (Å²) < 4.78 is 15.6. The standard InChI is InChI=1S/C27H31BFN3O/c1-5-8-21(9-6-2)24-22(10-7-15-30-24)25(33)32-16-13-27(29,14-17-32)18-20-11-12-23(31-19-20)26(3,4)28/h5-12,15,19H,1,13-14,16-18H2,2-4H3/b9-6-,21-8+. The summed E-state index contributed by atoms with van der Waals surface area (Å²) in [6, 6.07) is 7.28. The number of carbonyl (C=O) groups excluding carboxylic acids is 1. The van der Waals surface area contributed by atoms with E-state index in [1.54, 1.807) is 35.5 Å². The van der Waals surface area contributed by atoms with Crippen LogP contribution in [-0.4, -0.2) is 47.4 Å². The SMILES string of the molecule is [B]C(C)(C)c1ccc(CC2(F)CCN(C(=O)c3cccnc3C(/C=C\C)=C/C=C)CC2)cn1. The molecule has 1 aliphatic heterocycles. The summed E-state index contributed by atoms with van der Waals surface area (Å²) in [5.74, 6) is -0.129. The molecule has 1 amide bonds. The Hall–Kier alpha value is -3.02. The number of allylic oxidation sites excluding steroid dienone is 5. The Morgan fingerprint density at radius 1 is 1.27 bits per heavy atom. The highest BCUT2D eigenvalue weighted by molar-refractivity contribution is 6.15. The molecule has 0 spiro atoms. The number of alkyl halides is 1. The molecule has 3 heterocycles. The van der Waals surface area contributed by atoms with Crippen molar-refractivity contribution in [2.45, 2.75) is 51.0 Å². The third-order valence-corrected chi connectivity index (χ3v) is 5.91. The second kappa shape index (κ2) is 10.3. The summed E-state index contributed by atoms with van der Waals surface area (Å²) in [7, 11) is 6.08. The van der Waals surface area contributed by atoms with Gasteiger partial charge in [-0.05, 0) is 48.8 Å². The Morgan fingerprint density at radius 3 is 2.58 bits per heavy atom. The molecule has 2 aromatic heterocycles. The van der Waals surface area contributed by atoms with Gasteiger partial charge in [0, 0.05) is 43.2 Å². The summed E-state index contributed by atoms with van der Waals surface area (Å²) in [6.07, 6.45) is 11.5. The molecule has 170 valence electrons. The number of halogens is 1. The summed E-state index contributed by atoms with van der Waals surface area (Å²) >= 11 is 0. The molecule has 1 saturated heterocycles. The molecule has 33 heavy (non-hydrogen) atoms. The van der Waals surface area contributed by atoms with Gasteiger partial charge in [-0.1, -0.05) is 50.8 Å². The van der Waals surface area contributed by atoms with Gasteiger partial charge < -0.3 is 4.90 Å². The normalized spacial score (nSPS) is 16.7. The zero-order chi connectivity index (χ0) is 24.1. The Morgan fingerprint density at radius 2 is 2.00 bits per heavy atom. The first kappa shape index (κ1) is 24.6. The Balaban J connectivity index is 1.70. The quantitative estimate of drug-likeness (QED) is 0.436. The van der Waals surface area contributed by atoms with Crippen LogP contribution in [0.4, 0.5) is 4.39 Å². The van der Waals surface area contributed by atoms with Crippen molar-refractivity contribution in [3.63, 3.8) is 0 Å². The van der Waals surface area contributed by atoms with Crippen LogP contribution in [0.3, 0.4) is 0 Å². The highest BCUT2D eigenvalue weighted by atomic mass is 19.1. The number of rotatable bonds is 7. The molecule has 1 fully saturated rings. The largest absolute Gasteiger partial charge is 0.338 e. The highest BCUT2D eigenvalue weighted by Crippen LogP contribution is 2.32. The third-order valence-electron chi connectivity index (χ3n) is 5.91. The lowest BCUT2D eigenvalue weighted by Crippen LogP contribution is -2.45. The number of amides is 1. The minimum absolute atomic E-state index is 0.129. The second-order valence-electron chi connectivity index (χ2n) is 9.15. The van der Waals surface area contributed by atoms with Gasteiger partial charge in [0.05, 0.1) is 19.1 Å². The van der Waals surface area contributed by atoms with Gasteiger partial charge in [0.2, 0.25) is 0 Å². The molecule has 0 unspecified atom stereocenters. The first-order chi connectivity index (χ1) is 15.7. The van der Waals surface area contributed by atoms with E-state index < -0.39 is 11.0 Å². The summed E-state index contributed by atoms with van der Waals surface area (Å²) in [5.41, 5.74) is 2.17. The van der Waals surface area contributed by atoms with Crippen molar-refractivity contribution < 1.29 is 9.18 Å². The maximum absolute atomic E-state index is 15.6. The van der Waals surface area contributed by atoms with Crippen molar-refractivity contribution in [2.24, 2.45) is 0 Å². The number of nitrogens with zero attached hydrogens (tertiary/aromatic N) is 3. The monoisotopic (exact) mass is 443 g/mol. The lowest BCUT2D eigenvalue weighted by atomic mass is 9.70. The molecule has 0 atom stereocenters. The molecule has 4 nitrogen and oxygen atoms in total. The van der Waals surface area contributed by atoms with Crippen molar-refractivity contribution in [1.29, 1.82) is 0 Å². The van der Waals surface area contributed by atoms with Crippen molar-refractivity contribution >= 4 is 19.3 Å². The minimum atomic E-state index is -1.37. The van der Waals surface area contributed by atoms with Crippen LogP contribution in [0.5, 0.6) is 0 Å². The van der Waals surface area contributed by atoms with Gasteiger partial charge >= 0.3 is 0 Å². The first-order valence-corrected chi connectivity index (χ1v) is 11.3. The molecular formula is C27H31BFN3O. The van der Waals surface area contributed by atoms with Crippen LogP contribution in [0.2, 0.25) is 0 Å². The summed E-state index contributed by atoms with van der Waals surface area (Å²) in [6.45, 7) is 10.2. The van der Waals surface area contributed by atoms with E-state index in [0.29, 0.717) is 24.3 Å². The smallest absolute Gasteiger partial charge is 0.256 e. The van der Waals surface area contributed by atoms with Crippen molar-refractivity contribution in [1.82, 2.24) is 14.9 Å². The van der Waals surface area contributed by atoms with E-state index in [2.05, 4.69) is 16.5 Å². The topological polar surface area (TPSA) is 46.1 Å². The molecular weight excluding hydrogens is 412 g/mol. The number of aromatic nitrogens is 2. The molecule has 0 N–H and O–H groups in total. The Labute approximate surface area is 197 Å². The Kier molecular flexibility index (Phi) is 7.67. The number of hydrogen-bond acceptors (Lipinski definition) is 3. The van der Waals surface area contributed by atoms with E-state index >= 15 is 4.39 Å². The molecule has 0 aliphatic carbocycles. The van der Waals surface area contributed by atoms with E-state index in [-0.39, 0.29) is 25.2 Å². The number of likely N-dealkylation sites (tertiary alicyclic amines) is 1. The molecule has 6 heteroatoms. The van der Waals surface area contributed by atoms with Gasteiger partial charge in [-0.3, -0.25) is 14.8 Å². The van der Waals surface area contributed by atoms with Gasteiger partial charge in [0.15, 0.2) is 0 Å². The second-order valence-corrected chi connectivity index (χ2v) is 9.15. The van der Waals surface area contributed by atoms with Crippen molar-refractivity contribution in [3.05, 3.63) is 90.1 Å². The van der Waals surface area contributed by atoms with Gasteiger partial charge in [-0.25, -0.2) is 4.39 Å².